The standard InChI is InChI=1S/C28H34N4O5S/c1-29-9-11-30(12-10-29)24-6-2-4-21(14-24)27(33)28(34)31-16-22-18-32(19-23(22)17-31)38(35,36)25-7-8-26-20(15-25)5-3-13-37-26/h2,4,6-8,14-15,27,33H,3,5,9-13,16-19H2,1H3/t27-/m1/s1. The Morgan fingerprint density at radius 3 is 2.45 bits per heavy atom. The van der Waals surface area contributed by atoms with Crippen LogP contribution in [0.3, 0.4) is 0 Å². The Kier molecular flexibility index (Phi) is 6.67. The van der Waals surface area contributed by atoms with Crippen LogP contribution in [0.5, 0.6) is 5.75 Å². The van der Waals surface area contributed by atoms with E-state index in [2.05, 4.69) is 16.8 Å². The number of amides is 1. The highest BCUT2D eigenvalue weighted by Crippen LogP contribution is 2.34. The highest BCUT2D eigenvalue weighted by Gasteiger charge is 2.39. The van der Waals surface area contributed by atoms with Crippen LogP contribution < -0.4 is 9.64 Å². The minimum Gasteiger partial charge on any atom is -0.493 e. The van der Waals surface area contributed by atoms with Gasteiger partial charge in [-0.1, -0.05) is 12.1 Å². The first-order valence-corrected chi connectivity index (χ1v) is 14.7. The number of piperazine rings is 1. The number of fused-ring (bicyclic) bond motifs is 1. The van der Waals surface area contributed by atoms with Crippen molar-refractivity contribution in [2.75, 3.05) is 70.9 Å². The molecule has 1 atom stereocenters. The molecule has 0 bridgehead atoms. The van der Waals surface area contributed by atoms with Crippen LogP contribution in [0.2, 0.25) is 0 Å². The average molecular weight is 539 g/mol. The molecule has 4 aliphatic rings. The Labute approximate surface area is 223 Å². The van der Waals surface area contributed by atoms with Crippen LogP contribution in [0.15, 0.2) is 58.5 Å². The number of likely N-dealkylation sites (N-methyl/N-ethyl adjacent to an activating group) is 1. The van der Waals surface area contributed by atoms with E-state index in [-0.39, 0.29) is 23.9 Å². The molecule has 202 valence electrons. The molecule has 1 saturated heterocycles. The Balaban J connectivity index is 1.09. The van der Waals surface area contributed by atoms with Gasteiger partial charge in [0.15, 0.2) is 6.10 Å². The molecule has 4 heterocycles. The SMILES string of the molecule is CN1CCN(c2cccc([C@@H](O)C(=O)N3CC4=C(C3)CN(S(=O)(=O)c3ccc5c(c3)CCCO5)C4)c2)CC1. The molecule has 0 aromatic heterocycles. The first-order chi connectivity index (χ1) is 18.3. The maximum absolute atomic E-state index is 13.4. The third kappa shape index (κ3) is 4.70. The van der Waals surface area contributed by atoms with E-state index in [1.54, 1.807) is 29.2 Å². The minimum atomic E-state index is -3.65. The lowest BCUT2D eigenvalue weighted by Gasteiger charge is -2.34. The molecule has 6 rings (SSSR count). The van der Waals surface area contributed by atoms with Crippen molar-refractivity contribution in [3.05, 3.63) is 64.7 Å². The van der Waals surface area contributed by atoms with Gasteiger partial charge in [0.2, 0.25) is 10.0 Å². The van der Waals surface area contributed by atoms with Gasteiger partial charge >= 0.3 is 0 Å². The van der Waals surface area contributed by atoms with Gasteiger partial charge in [0, 0.05) is 58.0 Å². The number of anilines is 1. The molecular formula is C28H34N4O5S. The summed E-state index contributed by atoms with van der Waals surface area (Å²) < 4.78 is 33.9. The van der Waals surface area contributed by atoms with E-state index in [1.165, 1.54) is 4.31 Å². The Morgan fingerprint density at radius 1 is 0.974 bits per heavy atom. The second-order valence-corrected chi connectivity index (χ2v) is 12.6. The van der Waals surface area contributed by atoms with Crippen LogP contribution in [0.4, 0.5) is 5.69 Å². The smallest absolute Gasteiger partial charge is 0.256 e. The predicted octanol–water partition coefficient (Wildman–Crippen LogP) is 1.64. The van der Waals surface area contributed by atoms with Crippen molar-refractivity contribution in [3.63, 3.8) is 0 Å². The van der Waals surface area contributed by atoms with Gasteiger partial charge in [-0.2, -0.15) is 4.31 Å². The maximum Gasteiger partial charge on any atom is 0.256 e. The number of carbonyl (C=O) groups is 1. The summed E-state index contributed by atoms with van der Waals surface area (Å²) in [6.45, 7) is 5.65. The lowest BCUT2D eigenvalue weighted by molar-refractivity contribution is -0.139. The van der Waals surface area contributed by atoms with Gasteiger partial charge in [-0.3, -0.25) is 4.79 Å². The zero-order chi connectivity index (χ0) is 26.4. The number of hydrogen-bond acceptors (Lipinski definition) is 7. The third-order valence-electron chi connectivity index (χ3n) is 8.12. The van der Waals surface area contributed by atoms with E-state index in [4.69, 9.17) is 4.74 Å². The number of nitrogens with zero attached hydrogens (tertiary/aromatic N) is 4. The van der Waals surface area contributed by atoms with Crippen molar-refractivity contribution < 1.29 is 23.1 Å². The van der Waals surface area contributed by atoms with Gasteiger partial charge < -0.3 is 24.5 Å². The van der Waals surface area contributed by atoms with Gasteiger partial charge in [0.25, 0.3) is 5.91 Å². The molecule has 2 aromatic rings. The number of carbonyl (C=O) groups excluding carboxylic acids is 1. The number of aliphatic hydroxyl groups excluding tert-OH is 1. The first kappa shape index (κ1) is 25.4. The molecule has 1 N–H and O–H groups in total. The van der Waals surface area contributed by atoms with E-state index in [0.29, 0.717) is 25.3 Å². The van der Waals surface area contributed by atoms with Crippen LogP contribution in [0, 0.1) is 0 Å². The number of ether oxygens (including phenoxy) is 1. The normalized spacial score (nSPS) is 21.3. The van der Waals surface area contributed by atoms with E-state index in [9.17, 15) is 18.3 Å². The zero-order valence-electron chi connectivity index (χ0n) is 21.7. The highest BCUT2D eigenvalue weighted by atomic mass is 32.2. The van der Waals surface area contributed by atoms with Crippen molar-refractivity contribution in [2.45, 2.75) is 23.8 Å². The second-order valence-electron chi connectivity index (χ2n) is 10.7. The number of aryl methyl sites for hydroxylation is 1. The second kappa shape index (κ2) is 10.00. The van der Waals surface area contributed by atoms with Crippen molar-refractivity contribution in [1.82, 2.24) is 14.1 Å². The summed E-state index contributed by atoms with van der Waals surface area (Å²) in [7, 11) is -1.55. The van der Waals surface area contributed by atoms with E-state index >= 15 is 0 Å². The third-order valence-corrected chi connectivity index (χ3v) is 9.90. The predicted molar refractivity (Wildman–Crippen MR) is 144 cm³/mol. The van der Waals surface area contributed by atoms with Crippen LogP contribution in [0.25, 0.3) is 0 Å². The molecule has 0 aliphatic carbocycles. The maximum atomic E-state index is 13.4. The molecule has 0 radical (unpaired) electrons. The van der Waals surface area contributed by atoms with E-state index in [1.807, 2.05) is 18.2 Å². The molecule has 0 spiro atoms. The molecular weight excluding hydrogens is 504 g/mol. The topological polar surface area (TPSA) is 93.6 Å². The first-order valence-electron chi connectivity index (χ1n) is 13.3. The van der Waals surface area contributed by atoms with Crippen molar-refractivity contribution in [2.24, 2.45) is 0 Å². The van der Waals surface area contributed by atoms with Crippen molar-refractivity contribution in [1.29, 1.82) is 0 Å². The largest absolute Gasteiger partial charge is 0.493 e. The van der Waals surface area contributed by atoms with Crippen LogP contribution in [-0.4, -0.2) is 99.5 Å². The fourth-order valence-electron chi connectivity index (χ4n) is 5.79. The fraction of sp³-hybridized carbons (Fsp3) is 0.464. The lowest BCUT2D eigenvalue weighted by atomic mass is 10.1. The van der Waals surface area contributed by atoms with Gasteiger partial charge in [-0.15, -0.1) is 0 Å². The number of sulfonamides is 1. The minimum absolute atomic E-state index is 0.268. The van der Waals surface area contributed by atoms with Crippen molar-refractivity contribution >= 4 is 21.6 Å². The average Bonchev–Trinajstić information content (AvgIpc) is 3.53. The van der Waals surface area contributed by atoms with Crippen LogP contribution in [0.1, 0.15) is 23.7 Å². The Hall–Kier alpha value is -2.92. The summed E-state index contributed by atoms with van der Waals surface area (Å²) in [5, 5.41) is 11.0. The van der Waals surface area contributed by atoms with Gasteiger partial charge in [-0.05, 0) is 72.5 Å². The van der Waals surface area contributed by atoms with Gasteiger partial charge in [0.05, 0.1) is 11.5 Å². The molecule has 1 amide bonds. The molecule has 9 nitrogen and oxygen atoms in total. The van der Waals surface area contributed by atoms with Gasteiger partial charge in [-0.25, -0.2) is 8.42 Å². The zero-order valence-corrected chi connectivity index (χ0v) is 22.5. The number of rotatable bonds is 5. The summed E-state index contributed by atoms with van der Waals surface area (Å²) in [6.07, 6.45) is 0.442. The molecule has 38 heavy (non-hydrogen) atoms. The quantitative estimate of drug-likeness (QED) is 0.579. The van der Waals surface area contributed by atoms with Crippen LogP contribution >= 0.6 is 0 Å². The lowest BCUT2D eigenvalue weighted by Crippen LogP contribution is -2.44. The molecule has 1 fully saturated rings. The van der Waals surface area contributed by atoms with Crippen molar-refractivity contribution in [3.8, 4) is 5.75 Å². The molecule has 10 heteroatoms. The molecule has 0 unspecified atom stereocenters. The fourth-order valence-corrected chi connectivity index (χ4v) is 7.27. The van der Waals surface area contributed by atoms with E-state index in [0.717, 1.165) is 67.2 Å². The van der Waals surface area contributed by atoms with Crippen LogP contribution in [-0.2, 0) is 21.2 Å². The van der Waals surface area contributed by atoms with Gasteiger partial charge in [0.1, 0.15) is 5.75 Å². The summed E-state index contributed by atoms with van der Waals surface area (Å²) in [4.78, 5) is 19.7. The monoisotopic (exact) mass is 538 g/mol. The Bertz CT molecular complexity index is 1370. The summed E-state index contributed by atoms with van der Waals surface area (Å²) >= 11 is 0. The van der Waals surface area contributed by atoms with E-state index < -0.39 is 16.1 Å². The summed E-state index contributed by atoms with van der Waals surface area (Å²) in [5.74, 6) is 0.415. The number of aliphatic hydroxyl groups is 1. The number of benzene rings is 2. The Morgan fingerprint density at radius 2 is 1.71 bits per heavy atom. The summed E-state index contributed by atoms with van der Waals surface area (Å²) in [5.41, 5.74) is 4.42. The summed E-state index contributed by atoms with van der Waals surface area (Å²) in [6, 6.07) is 12.7. The number of hydrogen-bond donors (Lipinski definition) is 1. The molecule has 0 saturated carbocycles. The highest BCUT2D eigenvalue weighted by molar-refractivity contribution is 7.89. The molecule has 4 aliphatic heterocycles. The molecule has 2 aromatic carbocycles.